The number of likely N-dealkylation sites (N-methyl/N-ethyl adjacent to an activating group) is 1. The summed E-state index contributed by atoms with van der Waals surface area (Å²) in [7, 11) is 1.62. The van der Waals surface area contributed by atoms with Crippen LogP contribution in [0.2, 0.25) is 0 Å². The number of carbonyl (C=O) groups is 1. The third-order valence-corrected chi connectivity index (χ3v) is 4.04. The highest BCUT2D eigenvalue weighted by molar-refractivity contribution is 5.79. The molecule has 0 unspecified atom stereocenters. The molecule has 8 nitrogen and oxygen atoms in total. The van der Waals surface area contributed by atoms with Crippen molar-refractivity contribution in [3.63, 3.8) is 0 Å². The lowest BCUT2D eigenvalue weighted by Crippen LogP contribution is -2.31. The molecule has 1 amide bonds. The first-order chi connectivity index (χ1) is 11.8. The Bertz CT molecular complexity index is 804. The normalized spacial score (nSPS) is 11.6. The summed E-state index contributed by atoms with van der Waals surface area (Å²) in [4.78, 5) is 34.5. The van der Waals surface area contributed by atoms with E-state index in [9.17, 15) is 25.0 Å². The van der Waals surface area contributed by atoms with Crippen LogP contribution in [-0.4, -0.2) is 27.7 Å². The van der Waals surface area contributed by atoms with Crippen molar-refractivity contribution < 1.29 is 14.6 Å². The van der Waals surface area contributed by atoms with Gasteiger partial charge >= 0.3 is 0 Å². The molecular formula is C17H17N3O5. The Hall–Kier alpha value is -3.29. The topological polar surface area (TPSA) is 107 Å². The third-order valence-electron chi connectivity index (χ3n) is 4.04. The largest absolute Gasteiger partial charge is 0.339 e. The molecule has 2 rings (SSSR count). The van der Waals surface area contributed by atoms with Gasteiger partial charge in [0.05, 0.1) is 22.3 Å². The number of hydrogen-bond acceptors (Lipinski definition) is 5. The van der Waals surface area contributed by atoms with E-state index < -0.39 is 9.85 Å². The maximum absolute atomic E-state index is 12.4. The molecule has 130 valence electrons. The van der Waals surface area contributed by atoms with Gasteiger partial charge in [-0.05, 0) is 18.1 Å². The Balaban J connectivity index is 2.09. The van der Waals surface area contributed by atoms with Crippen molar-refractivity contribution in [1.82, 2.24) is 4.90 Å². The number of nitrogens with zero attached hydrogens (tertiary/aromatic N) is 3. The lowest BCUT2D eigenvalue weighted by Gasteiger charge is -2.25. The molecule has 2 aromatic rings. The van der Waals surface area contributed by atoms with Crippen molar-refractivity contribution in [1.29, 1.82) is 0 Å². The fourth-order valence-electron chi connectivity index (χ4n) is 2.37. The molecule has 0 aliphatic heterocycles. The number of nitro benzene ring substituents is 2. The Labute approximate surface area is 144 Å². The monoisotopic (exact) mass is 343 g/mol. The predicted octanol–water partition coefficient (Wildman–Crippen LogP) is 3.27. The van der Waals surface area contributed by atoms with E-state index in [4.69, 9.17) is 0 Å². The van der Waals surface area contributed by atoms with Crippen LogP contribution in [0.15, 0.2) is 48.5 Å². The smallest absolute Gasteiger partial charge is 0.269 e. The van der Waals surface area contributed by atoms with E-state index in [0.29, 0.717) is 11.1 Å². The van der Waals surface area contributed by atoms with Gasteiger partial charge in [-0.2, -0.15) is 0 Å². The van der Waals surface area contributed by atoms with Gasteiger partial charge in [-0.1, -0.05) is 24.3 Å². The summed E-state index contributed by atoms with van der Waals surface area (Å²) in [6.07, 6.45) is 0.0910. The van der Waals surface area contributed by atoms with Gasteiger partial charge in [0.25, 0.3) is 11.4 Å². The zero-order valence-electron chi connectivity index (χ0n) is 13.8. The zero-order valence-corrected chi connectivity index (χ0v) is 13.8. The molecule has 0 aromatic heterocycles. The van der Waals surface area contributed by atoms with Gasteiger partial charge in [-0.3, -0.25) is 25.0 Å². The molecule has 0 spiro atoms. The third kappa shape index (κ3) is 4.37. The van der Waals surface area contributed by atoms with Gasteiger partial charge in [0.15, 0.2) is 0 Å². The minimum atomic E-state index is -0.498. The maximum atomic E-state index is 12.4. The Morgan fingerprint density at radius 2 is 1.64 bits per heavy atom. The Kier molecular flexibility index (Phi) is 5.43. The van der Waals surface area contributed by atoms with Crippen molar-refractivity contribution >= 4 is 17.3 Å². The van der Waals surface area contributed by atoms with E-state index in [1.807, 2.05) is 0 Å². The van der Waals surface area contributed by atoms with Crippen LogP contribution in [0, 0.1) is 20.2 Å². The highest BCUT2D eigenvalue weighted by Gasteiger charge is 2.19. The maximum Gasteiger partial charge on any atom is 0.269 e. The van der Waals surface area contributed by atoms with E-state index in [1.54, 1.807) is 38.2 Å². The number of benzene rings is 2. The summed E-state index contributed by atoms with van der Waals surface area (Å²) in [5.74, 6) is -0.187. The molecule has 2 aromatic carbocycles. The van der Waals surface area contributed by atoms with Crippen molar-refractivity contribution in [2.75, 3.05) is 7.05 Å². The molecular weight excluding hydrogens is 326 g/mol. The first-order valence-corrected chi connectivity index (χ1v) is 7.53. The summed E-state index contributed by atoms with van der Waals surface area (Å²) in [5.41, 5.74) is 1.26. The average Bonchev–Trinajstić information content (AvgIpc) is 2.60. The zero-order chi connectivity index (χ0) is 18.6. The lowest BCUT2D eigenvalue weighted by molar-refractivity contribution is -0.385. The summed E-state index contributed by atoms with van der Waals surface area (Å²) >= 11 is 0. The molecule has 0 heterocycles. The summed E-state index contributed by atoms with van der Waals surface area (Å²) in [6.45, 7) is 1.78. The van der Waals surface area contributed by atoms with Crippen LogP contribution < -0.4 is 0 Å². The van der Waals surface area contributed by atoms with E-state index >= 15 is 0 Å². The quantitative estimate of drug-likeness (QED) is 0.591. The Morgan fingerprint density at radius 3 is 2.20 bits per heavy atom. The second-order valence-corrected chi connectivity index (χ2v) is 5.63. The lowest BCUT2D eigenvalue weighted by atomic mass is 10.1. The molecule has 0 aliphatic carbocycles. The second kappa shape index (κ2) is 7.52. The Morgan fingerprint density at radius 1 is 1.04 bits per heavy atom. The van der Waals surface area contributed by atoms with Crippen LogP contribution in [0.1, 0.15) is 24.1 Å². The summed E-state index contributed by atoms with van der Waals surface area (Å²) < 4.78 is 0. The highest BCUT2D eigenvalue weighted by Crippen LogP contribution is 2.23. The second-order valence-electron chi connectivity index (χ2n) is 5.63. The first kappa shape index (κ1) is 18.1. The SMILES string of the molecule is C[C@@H](c1cccc([N+](=O)[O-])c1)N(C)C(=O)Cc1ccc([N+](=O)[O-])cc1. The van der Waals surface area contributed by atoms with E-state index in [1.165, 1.54) is 29.2 Å². The molecule has 8 heteroatoms. The van der Waals surface area contributed by atoms with Crippen molar-refractivity contribution in [2.45, 2.75) is 19.4 Å². The number of amides is 1. The van der Waals surface area contributed by atoms with Crippen LogP contribution in [0.5, 0.6) is 0 Å². The molecule has 0 bridgehead atoms. The molecule has 0 radical (unpaired) electrons. The van der Waals surface area contributed by atoms with Crippen LogP contribution >= 0.6 is 0 Å². The molecule has 0 saturated carbocycles. The number of non-ortho nitro benzene ring substituents is 2. The predicted molar refractivity (Wildman–Crippen MR) is 91.1 cm³/mol. The van der Waals surface area contributed by atoms with Gasteiger partial charge < -0.3 is 4.90 Å². The molecule has 1 atom stereocenters. The van der Waals surface area contributed by atoms with Crippen LogP contribution in [0.4, 0.5) is 11.4 Å². The molecule has 0 saturated heterocycles. The van der Waals surface area contributed by atoms with E-state index in [0.717, 1.165) is 0 Å². The number of hydrogen-bond donors (Lipinski definition) is 0. The van der Waals surface area contributed by atoms with Gasteiger partial charge in [0.2, 0.25) is 5.91 Å². The summed E-state index contributed by atoms with van der Waals surface area (Å²) in [5, 5.41) is 21.5. The fraction of sp³-hybridized carbons (Fsp3) is 0.235. The molecule has 0 N–H and O–H groups in total. The van der Waals surface area contributed by atoms with Crippen molar-refractivity contribution in [3.05, 3.63) is 79.9 Å². The first-order valence-electron chi connectivity index (χ1n) is 7.53. The van der Waals surface area contributed by atoms with Gasteiger partial charge in [0.1, 0.15) is 0 Å². The fourth-order valence-corrected chi connectivity index (χ4v) is 2.37. The van der Waals surface area contributed by atoms with Gasteiger partial charge in [-0.15, -0.1) is 0 Å². The standard InChI is InChI=1S/C17H17N3O5/c1-12(14-4-3-5-16(11-14)20(24)25)18(2)17(21)10-13-6-8-15(9-7-13)19(22)23/h3-9,11-12H,10H2,1-2H3/t12-/m0/s1. The molecule has 25 heavy (non-hydrogen) atoms. The minimum Gasteiger partial charge on any atom is -0.339 e. The van der Waals surface area contributed by atoms with Gasteiger partial charge in [-0.25, -0.2) is 0 Å². The highest BCUT2D eigenvalue weighted by atomic mass is 16.6. The van der Waals surface area contributed by atoms with E-state index in [2.05, 4.69) is 0 Å². The summed E-state index contributed by atoms with van der Waals surface area (Å²) in [6, 6.07) is 11.6. The van der Waals surface area contributed by atoms with E-state index in [-0.39, 0.29) is 29.7 Å². The number of carbonyl (C=O) groups excluding carboxylic acids is 1. The van der Waals surface area contributed by atoms with Crippen molar-refractivity contribution in [2.24, 2.45) is 0 Å². The molecule has 0 fully saturated rings. The van der Waals surface area contributed by atoms with Gasteiger partial charge in [0, 0.05) is 31.3 Å². The van der Waals surface area contributed by atoms with Crippen molar-refractivity contribution in [3.8, 4) is 0 Å². The average molecular weight is 343 g/mol. The molecule has 0 aliphatic rings. The van der Waals surface area contributed by atoms with Crippen LogP contribution in [0.3, 0.4) is 0 Å². The number of rotatable bonds is 6. The van der Waals surface area contributed by atoms with Crippen LogP contribution in [-0.2, 0) is 11.2 Å². The minimum absolute atomic E-state index is 0.0273. The number of nitro groups is 2. The van der Waals surface area contributed by atoms with Crippen LogP contribution in [0.25, 0.3) is 0 Å².